The maximum absolute atomic E-state index is 12.8. The van der Waals surface area contributed by atoms with E-state index < -0.39 is 0 Å². The van der Waals surface area contributed by atoms with Crippen molar-refractivity contribution in [2.75, 3.05) is 25.0 Å². The van der Waals surface area contributed by atoms with E-state index in [-0.39, 0.29) is 18.0 Å². The van der Waals surface area contributed by atoms with E-state index in [1.165, 1.54) is 0 Å². The fourth-order valence-corrected chi connectivity index (χ4v) is 3.98. The van der Waals surface area contributed by atoms with Crippen molar-refractivity contribution in [3.8, 4) is 0 Å². The lowest BCUT2D eigenvalue weighted by Crippen LogP contribution is -2.52. The van der Waals surface area contributed by atoms with Crippen LogP contribution in [0.3, 0.4) is 0 Å². The number of piperidine rings is 1. The number of rotatable bonds is 6. The molecule has 8 nitrogen and oxygen atoms in total. The van der Waals surface area contributed by atoms with Crippen LogP contribution in [0.5, 0.6) is 0 Å². The van der Waals surface area contributed by atoms with Crippen molar-refractivity contribution >= 4 is 17.6 Å². The molecule has 30 heavy (non-hydrogen) atoms. The number of carbonyl (C=O) groups excluding carboxylic acids is 2. The minimum atomic E-state index is -0.121. The first kappa shape index (κ1) is 20.4. The molecule has 1 unspecified atom stereocenters. The number of nitrogens with zero attached hydrogens (tertiary/aromatic N) is 4. The second-order valence-electron chi connectivity index (χ2n) is 8.27. The number of benzene rings is 1. The molecule has 1 N–H and O–H groups in total. The summed E-state index contributed by atoms with van der Waals surface area (Å²) in [6.07, 6.45) is 4.53. The summed E-state index contributed by atoms with van der Waals surface area (Å²) in [5.41, 5.74) is 1.84. The van der Waals surface area contributed by atoms with Crippen LogP contribution in [0.1, 0.15) is 55.8 Å². The Hall–Kier alpha value is -2.90. The zero-order valence-electron chi connectivity index (χ0n) is 17.6. The molecule has 0 radical (unpaired) electrons. The maximum atomic E-state index is 12.8. The largest absolute Gasteiger partial charge is 0.339 e. The number of nitrogens with one attached hydrogen (secondary N) is 1. The summed E-state index contributed by atoms with van der Waals surface area (Å²) < 4.78 is 5.32. The number of likely N-dealkylation sites (tertiary alicyclic amines) is 1. The Bertz CT molecular complexity index is 908. The van der Waals surface area contributed by atoms with E-state index in [2.05, 4.69) is 15.5 Å². The molecule has 3 amide bonds. The van der Waals surface area contributed by atoms with E-state index >= 15 is 0 Å². The third-order valence-electron chi connectivity index (χ3n) is 5.90. The molecule has 8 heteroatoms. The van der Waals surface area contributed by atoms with Crippen LogP contribution in [0.15, 0.2) is 28.8 Å². The van der Waals surface area contributed by atoms with Gasteiger partial charge in [0.1, 0.15) is 0 Å². The summed E-state index contributed by atoms with van der Waals surface area (Å²) in [5.74, 6) is 1.80. The van der Waals surface area contributed by atoms with Gasteiger partial charge in [-0.3, -0.25) is 4.79 Å². The van der Waals surface area contributed by atoms with Crippen molar-refractivity contribution < 1.29 is 14.1 Å². The number of hydrogen-bond donors (Lipinski definition) is 1. The highest BCUT2D eigenvalue weighted by molar-refractivity contribution is 5.90. The van der Waals surface area contributed by atoms with Gasteiger partial charge in [-0.2, -0.15) is 4.98 Å². The van der Waals surface area contributed by atoms with Gasteiger partial charge in [-0.1, -0.05) is 23.4 Å². The number of hydrogen-bond acceptors (Lipinski definition) is 5. The van der Waals surface area contributed by atoms with Gasteiger partial charge in [-0.25, -0.2) is 4.79 Å². The fraction of sp³-hybridized carbons (Fsp3) is 0.545. The van der Waals surface area contributed by atoms with Crippen molar-refractivity contribution in [2.45, 2.75) is 57.9 Å². The van der Waals surface area contributed by atoms with Crippen molar-refractivity contribution in [1.29, 1.82) is 0 Å². The normalized spacial score (nSPS) is 18.9. The van der Waals surface area contributed by atoms with Gasteiger partial charge in [0, 0.05) is 50.6 Å². The Morgan fingerprint density at radius 3 is 2.80 bits per heavy atom. The molecule has 0 spiro atoms. The molecule has 1 aliphatic heterocycles. The number of aromatic nitrogens is 2. The van der Waals surface area contributed by atoms with E-state index in [4.69, 9.17) is 4.52 Å². The molecule has 2 heterocycles. The summed E-state index contributed by atoms with van der Waals surface area (Å²) in [5, 5.41) is 7.05. The molecule has 1 saturated heterocycles. The van der Waals surface area contributed by atoms with E-state index in [0.29, 0.717) is 37.8 Å². The van der Waals surface area contributed by atoms with Crippen LogP contribution in [0.4, 0.5) is 10.5 Å². The highest BCUT2D eigenvalue weighted by atomic mass is 16.5. The first-order chi connectivity index (χ1) is 14.5. The number of urea groups is 1. The van der Waals surface area contributed by atoms with Crippen LogP contribution in [0.25, 0.3) is 0 Å². The summed E-state index contributed by atoms with van der Waals surface area (Å²) in [7, 11) is 0. The molecule has 1 aliphatic carbocycles. The molecular formula is C22H29N5O3. The van der Waals surface area contributed by atoms with Gasteiger partial charge in [0.2, 0.25) is 11.8 Å². The van der Waals surface area contributed by atoms with Crippen LogP contribution in [-0.2, 0) is 11.2 Å². The Morgan fingerprint density at radius 2 is 2.07 bits per heavy atom. The van der Waals surface area contributed by atoms with E-state index in [1.54, 1.807) is 11.8 Å². The van der Waals surface area contributed by atoms with E-state index in [1.807, 2.05) is 36.1 Å². The number of amides is 3. The van der Waals surface area contributed by atoms with Gasteiger partial charge >= 0.3 is 6.03 Å². The van der Waals surface area contributed by atoms with Gasteiger partial charge in [0.05, 0.1) is 0 Å². The van der Waals surface area contributed by atoms with Crippen LogP contribution in [-0.4, -0.2) is 57.6 Å². The van der Waals surface area contributed by atoms with Gasteiger partial charge < -0.3 is 19.6 Å². The summed E-state index contributed by atoms with van der Waals surface area (Å²) in [6, 6.07) is 7.60. The number of aryl methyl sites for hydroxylation is 1. The second kappa shape index (κ2) is 8.85. The molecule has 160 valence electrons. The molecule has 1 atom stereocenters. The molecule has 2 aliphatic rings. The van der Waals surface area contributed by atoms with Gasteiger partial charge in [0.15, 0.2) is 5.82 Å². The van der Waals surface area contributed by atoms with Gasteiger partial charge in [-0.15, -0.1) is 0 Å². The zero-order chi connectivity index (χ0) is 21.1. The zero-order valence-corrected chi connectivity index (χ0v) is 17.6. The van der Waals surface area contributed by atoms with Crippen molar-refractivity contribution in [1.82, 2.24) is 19.9 Å². The average molecular weight is 412 g/mol. The minimum absolute atomic E-state index is 0.00586. The van der Waals surface area contributed by atoms with Crippen molar-refractivity contribution in [3.63, 3.8) is 0 Å². The highest BCUT2D eigenvalue weighted by Crippen LogP contribution is 2.38. The van der Waals surface area contributed by atoms with Gasteiger partial charge in [0.25, 0.3) is 0 Å². The van der Waals surface area contributed by atoms with Crippen LogP contribution < -0.4 is 5.32 Å². The minimum Gasteiger partial charge on any atom is -0.339 e. The third kappa shape index (κ3) is 4.80. The third-order valence-corrected chi connectivity index (χ3v) is 5.90. The molecule has 2 aromatic rings. The van der Waals surface area contributed by atoms with Crippen LogP contribution in [0, 0.1) is 6.92 Å². The lowest BCUT2D eigenvalue weighted by molar-refractivity contribution is -0.132. The molecule has 1 aromatic carbocycles. The van der Waals surface area contributed by atoms with E-state index in [9.17, 15) is 9.59 Å². The Morgan fingerprint density at radius 1 is 1.27 bits per heavy atom. The quantitative estimate of drug-likeness (QED) is 0.787. The number of anilines is 1. The summed E-state index contributed by atoms with van der Waals surface area (Å²) in [4.78, 5) is 33.2. The predicted octanol–water partition coefficient (Wildman–Crippen LogP) is 3.34. The smallest absolute Gasteiger partial charge is 0.321 e. The van der Waals surface area contributed by atoms with E-state index in [0.717, 1.165) is 42.8 Å². The Balaban J connectivity index is 1.36. The number of para-hydroxylation sites is 1. The molecule has 2 fully saturated rings. The van der Waals surface area contributed by atoms with Crippen LogP contribution >= 0.6 is 0 Å². The molecule has 1 saturated carbocycles. The first-order valence-corrected chi connectivity index (χ1v) is 10.7. The van der Waals surface area contributed by atoms with Crippen molar-refractivity contribution in [3.05, 3.63) is 41.5 Å². The lowest BCUT2D eigenvalue weighted by atomic mass is 10.0. The standard InChI is InChI=1S/C22H29N5O3/c1-15-6-3-4-8-19(15)23-22(29)26-12-5-7-18(14-26)27(16(2)28)13-11-20-24-21(30-25-20)17-9-10-17/h3-4,6,8,17-18H,5,7,9-14H2,1-2H3,(H,23,29). The Kier molecular flexibility index (Phi) is 6.01. The van der Waals surface area contributed by atoms with Gasteiger partial charge in [-0.05, 0) is 44.2 Å². The first-order valence-electron chi connectivity index (χ1n) is 10.7. The molecule has 1 aromatic heterocycles. The fourth-order valence-electron chi connectivity index (χ4n) is 3.98. The molecule has 0 bridgehead atoms. The second-order valence-corrected chi connectivity index (χ2v) is 8.27. The maximum Gasteiger partial charge on any atom is 0.321 e. The predicted molar refractivity (Wildman–Crippen MR) is 112 cm³/mol. The molecule has 4 rings (SSSR count). The van der Waals surface area contributed by atoms with Crippen molar-refractivity contribution in [2.24, 2.45) is 0 Å². The SMILES string of the molecule is CC(=O)N(CCc1noc(C2CC2)n1)C1CCCN(C(=O)Nc2ccccc2C)C1. The number of carbonyl (C=O) groups is 2. The monoisotopic (exact) mass is 411 g/mol. The average Bonchev–Trinajstić information content (AvgIpc) is 3.48. The summed E-state index contributed by atoms with van der Waals surface area (Å²) in [6.45, 7) is 5.29. The Labute approximate surface area is 176 Å². The highest BCUT2D eigenvalue weighted by Gasteiger charge is 2.31. The summed E-state index contributed by atoms with van der Waals surface area (Å²) >= 11 is 0. The topological polar surface area (TPSA) is 91.6 Å². The lowest BCUT2D eigenvalue weighted by Gasteiger charge is -2.39. The molecular weight excluding hydrogens is 382 g/mol. The van der Waals surface area contributed by atoms with Crippen LogP contribution in [0.2, 0.25) is 0 Å².